The summed E-state index contributed by atoms with van der Waals surface area (Å²) in [7, 11) is 0. The highest BCUT2D eigenvalue weighted by atomic mass is 16.5. The Hall–Kier alpha value is -2.34. The zero-order chi connectivity index (χ0) is 16.4. The number of carboxylic acids is 1. The standard InChI is InChI=1S/C17H19NO5/c1-11-12-4-2-3-5-13(12)23-15(11)16(21)18-17(10-14(19)20)6-8-22-9-7-17/h2-5H,6-10H2,1H3,(H,18,21)(H,19,20). The fraction of sp³-hybridized carbons (Fsp3) is 0.412. The monoisotopic (exact) mass is 317 g/mol. The lowest BCUT2D eigenvalue weighted by Gasteiger charge is -2.36. The normalized spacial score (nSPS) is 17.1. The number of rotatable bonds is 4. The van der Waals surface area contributed by atoms with Gasteiger partial charge in [-0.2, -0.15) is 0 Å². The third-order valence-corrected chi connectivity index (χ3v) is 4.37. The van der Waals surface area contributed by atoms with Crippen molar-refractivity contribution in [1.82, 2.24) is 5.32 Å². The molecule has 1 aliphatic heterocycles. The Morgan fingerprint density at radius 3 is 2.61 bits per heavy atom. The van der Waals surface area contributed by atoms with Crippen molar-refractivity contribution in [3.8, 4) is 0 Å². The predicted molar refractivity (Wildman–Crippen MR) is 83.5 cm³/mol. The van der Waals surface area contributed by atoms with Crippen molar-refractivity contribution in [2.24, 2.45) is 0 Å². The molecule has 6 heteroatoms. The molecule has 0 atom stereocenters. The molecule has 0 saturated carbocycles. The number of aliphatic carboxylic acids is 1. The fourth-order valence-electron chi connectivity index (χ4n) is 3.09. The number of ether oxygens (including phenoxy) is 1. The van der Waals surface area contributed by atoms with Gasteiger partial charge in [-0.05, 0) is 25.8 Å². The molecule has 0 bridgehead atoms. The quantitative estimate of drug-likeness (QED) is 0.904. The maximum atomic E-state index is 12.7. The van der Waals surface area contributed by atoms with Gasteiger partial charge in [-0.1, -0.05) is 18.2 Å². The van der Waals surface area contributed by atoms with E-state index < -0.39 is 11.5 Å². The Balaban J connectivity index is 1.88. The average Bonchev–Trinajstić information content (AvgIpc) is 2.85. The zero-order valence-electron chi connectivity index (χ0n) is 12.9. The van der Waals surface area contributed by atoms with Gasteiger partial charge in [0.25, 0.3) is 5.91 Å². The summed E-state index contributed by atoms with van der Waals surface area (Å²) in [6, 6.07) is 7.43. The van der Waals surface area contributed by atoms with Crippen LogP contribution in [0.5, 0.6) is 0 Å². The number of carboxylic acid groups (broad SMARTS) is 1. The van der Waals surface area contributed by atoms with Crippen LogP contribution in [0.15, 0.2) is 28.7 Å². The van der Waals surface area contributed by atoms with Crippen molar-refractivity contribution in [2.45, 2.75) is 31.7 Å². The van der Waals surface area contributed by atoms with Gasteiger partial charge in [0.1, 0.15) is 5.58 Å². The van der Waals surface area contributed by atoms with E-state index in [1.54, 1.807) is 6.07 Å². The van der Waals surface area contributed by atoms with Gasteiger partial charge in [-0.25, -0.2) is 0 Å². The first-order valence-corrected chi connectivity index (χ1v) is 7.61. The van der Waals surface area contributed by atoms with Crippen LogP contribution in [0.4, 0.5) is 0 Å². The maximum Gasteiger partial charge on any atom is 0.305 e. The highest BCUT2D eigenvalue weighted by Gasteiger charge is 2.37. The number of hydrogen-bond donors (Lipinski definition) is 2. The van der Waals surface area contributed by atoms with E-state index in [9.17, 15) is 9.59 Å². The SMILES string of the molecule is Cc1c(C(=O)NC2(CC(=O)O)CCOCC2)oc2ccccc12. The molecule has 0 unspecified atom stereocenters. The number of hydrogen-bond acceptors (Lipinski definition) is 4. The fourth-order valence-corrected chi connectivity index (χ4v) is 3.09. The Kier molecular flexibility index (Phi) is 4.09. The highest BCUT2D eigenvalue weighted by molar-refractivity contribution is 5.99. The van der Waals surface area contributed by atoms with Crippen LogP contribution in [0.1, 0.15) is 35.4 Å². The van der Waals surface area contributed by atoms with Crippen molar-refractivity contribution < 1.29 is 23.8 Å². The van der Waals surface area contributed by atoms with Crippen LogP contribution < -0.4 is 5.32 Å². The van der Waals surface area contributed by atoms with E-state index in [-0.39, 0.29) is 18.1 Å². The van der Waals surface area contributed by atoms with E-state index in [1.165, 1.54) is 0 Å². The molecular weight excluding hydrogens is 298 g/mol. The van der Waals surface area contributed by atoms with Crippen LogP contribution in [-0.4, -0.2) is 35.7 Å². The van der Waals surface area contributed by atoms with E-state index in [1.807, 2.05) is 25.1 Å². The summed E-state index contributed by atoms with van der Waals surface area (Å²) >= 11 is 0. The minimum Gasteiger partial charge on any atom is -0.481 e. The number of amides is 1. The molecular formula is C17H19NO5. The first-order valence-electron chi connectivity index (χ1n) is 7.61. The maximum absolute atomic E-state index is 12.7. The molecule has 1 aliphatic rings. The predicted octanol–water partition coefficient (Wildman–Crippen LogP) is 2.49. The van der Waals surface area contributed by atoms with Crippen molar-refractivity contribution in [2.75, 3.05) is 13.2 Å². The molecule has 0 radical (unpaired) electrons. The lowest BCUT2D eigenvalue weighted by Crippen LogP contribution is -2.53. The molecule has 23 heavy (non-hydrogen) atoms. The van der Waals surface area contributed by atoms with Crippen LogP contribution >= 0.6 is 0 Å². The van der Waals surface area contributed by atoms with E-state index >= 15 is 0 Å². The minimum absolute atomic E-state index is 0.124. The van der Waals surface area contributed by atoms with Gasteiger partial charge in [-0.15, -0.1) is 0 Å². The summed E-state index contributed by atoms with van der Waals surface area (Å²) < 4.78 is 11.0. The second kappa shape index (κ2) is 6.04. The van der Waals surface area contributed by atoms with Gasteiger partial charge in [0.15, 0.2) is 5.76 Å². The summed E-state index contributed by atoms with van der Waals surface area (Å²) in [6.07, 6.45) is 0.829. The Morgan fingerprint density at radius 1 is 1.26 bits per heavy atom. The van der Waals surface area contributed by atoms with Crippen molar-refractivity contribution in [3.63, 3.8) is 0 Å². The Labute approximate surface area is 133 Å². The lowest BCUT2D eigenvalue weighted by molar-refractivity contribution is -0.139. The van der Waals surface area contributed by atoms with Crippen molar-refractivity contribution >= 4 is 22.8 Å². The molecule has 1 aromatic carbocycles. The number of para-hydroxylation sites is 1. The third kappa shape index (κ3) is 3.07. The summed E-state index contributed by atoms with van der Waals surface area (Å²) in [5.41, 5.74) is 0.622. The number of aryl methyl sites for hydroxylation is 1. The van der Waals surface area contributed by atoms with Crippen LogP contribution in [0, 0.1) is 6.92 Å². The molecule has 122 valence electrons. The molecule has 1 aromatic heterocycles. The lowest BCUT2D eigenvalue weighted by atomic mass is 9.86. The Bertz CT molecular complexity index is 743. The molecule has 3 rings (SSSR count). The van der Waals surface area contributed by atoms with Gasteiger partial charge in [-0.3, -0.25) is 9.59 Å². The zero-order valence-corrected chi connectivity index (χ0v) is 12.9. The number of nitrogens with one attached hydrogen (secondary N) is 1. The van der Waals surface area contributed by atoms with E-state index in [0.717, 1.165) is 10.9 Å². The van der Waals surface area contributed by atoms with Crippen LogP contribution in [0.25, 0.3) is 11.0 Å². The topological polar surface area (TPSA) is 88.8 Å². The Morgan fingerprint density at radius 2 is 1.96 bits per heavy atom. The average molecular weight is 317 g/mol. The van der Waals surface area contributed by atoms with Gasteiger partial charge < -0.3 is 19.6 Å². The summed E-state index contributed by atoms with van der Waals surface area (Å²) in [5, 5.41) is 12.9. The molecule has 1 amide bonds. The van der Waals surface area contributed by atoms with Gasteiger partial charge in [0.05, 0.1) is 12.0 Å². The number of carbonyl (C=O) groups is 2. The van der Waals surface area contributed by atoms with Crippen LogP contribution in [0.3, 0.4) is 0 Å². The minimum atomic E-state index is -0.937. The first kappa shape index (κ1) is 15.6. The van der Waals surface area contributed by atoms with Crippen molar-refractivity contribution in [3.05, 3.63) is 35.6 Å². The molecule has 2 heterocycles. The van der Waals surface area contributed by atoms with Crippen LogP contribution in [-0.2, 0) is 9.53 Å². The first-order chi connectivity index (χ1) is 11.0. The molecule has 1 saturated heterocycles. The van der Waals surface area contributed by atoms with Crippen LogP contribution in [0.2, 0.25) is 0 Å². The molecule has 2 N–H and O–H groups in total. The summed E-state index contributed by atoms with van der Waals surface area (Å²) in [6.45, 7) is 2.70. The van der Waals surface area contributed by atoms with Gasteiger partial charge in [0, 0.05) is 24.2 Å². The number of furan rings is 1. The molecule has 0 aliphatic carbocycles. The summed E-state index contributed by atoms with van der Waals surface area (Å²) in [5.74, 6) is -1.07. The van der Waals surface area contributed by atoms with E-state index in [2.05, 4.69) is 5.32 Å². The van der Waals surface area contributed by atoms with Gasteiger partial charge in [0.2, 0.25) is 0 Å². The largest absolute Gasteiger partial charge is 0.481 e. The summed E-state index contributed by atoms with van der Waals surface area (Å²) in [4.78, 5) is 23.8. The molecule has 1 fully saturated rings. The third-order valence-electron chi connectivity index (χ3n) is 4.37. The van der Waals surface area contributed by atoms with Crippen molar-refractivity contribution in [1.29, 1.82) is 0 Å². The molecule has 6 nitrogen and oxygen atoms in total. The molecule has 2 aromatic rings. The second-order valence-corrected chi connectivity index (χ2v) is 5.97. The molecule has 0 spiro atoms. The number of benzene rings is 1. The smallest absolute Gasteiger partial charge is 0.305 e. The number of carbonyl (C=O) groups excluding carboxylic acids is 1. The van der Waals surface area contributed by atoms with E-state index in [4.69, 9.17) is 14.3 Å². The van der Waals surface area contributed by atoms with Gasteiger partial charge >= 0.3 is 5.97 Å². The number of fused-ring (bicyclic) bond motifs is 1. The highest BCUT2D eigenvalue weighted by Crippen LogP contribution is 2.28. The van der Waals surface area contributed by atoms with E-state index in [0.29, 0.717) is 31.6 Å². The second-order valence-electron chi connectivity index (χ2n) is 5.97.